The number of ether oxygens (including phenoxy) is 1. The van der Waals surface area contributed by atoms with E-state index in [4.69, 9.17) is 9.84 Å². The molecule has 1 unspecified atom stereocenters. The lowest BCUT2D eigenvalue weighted by Crippen LogP contribution is -2.52. The van der Waals surface area contributed by atoms with E-state index >= 15 is 0 Å². The van der Waals surface area contributed by atoms with Gasteiger partial charge in [0.25, 0.3) is 0 Å². The standard InChI is InChI=1S/C12H19NO4/c14-11(15)8-10-6-7-17-12(16)13(10)9-4-2-1-3-5-9/h9-10H,1-8H2,(H,14,15). The van der Waals surface area contributed by atoms with E-state index in [1.807, 2.05) is 0 Å². The number of amides is 1. The van der Waals surface area contributed by atoms with Crippen molar-refractivity contribution in [2.24, 2.45) is 0 Å². The van der Waals surface area contributed by atoms with E-state index in [2.05, 4.69) is 0 Å². The highest BCUT2D eigenvalue weighted by Crippen LogP contribution is 2.28. The van der Waals surface area contributed by atoms with Crippen molar-refractivity contribution < 1.29 is 19.4 Å². The first-order chi connectivity index (χ1) is 8.18. The van der Waals surface area contributed by atoms with Gasteiger partial charge in [-0.25, -0.2) is 4.79 Å². The minimum Gasteiger partial charge on any atom is -0.481 e. The Hall–Kier alpha value is -1.26. The van der Waals surface area contributed by atoms with Crippen LogP contribution >= 0.6 is 0 Å². The summed E-state index contributed by atoms with van der Waals surface area (Å²) in [6.45, 7) is 0.347. The summed E-state index contributed by atoms with van der Waals surface area (Å²) in [5.74, 6) is -0.842. The molecule has 2 aliphatic rings. The predicted molar refractivity (Wildman–Crippen MR) is 60.7 cm³/mol. The molecule has 1 amide bonds. The van der Waals surface area contributed by atoms with E-state index in [-0.39, 0.29) is 24.6 Å². The maximum atomic E-state index is 11.8. The SMILES string of the molecule is O=C(O)CC1CCOC(=O)N1C1CCCCC1. The zero-order chi connectivity index (χ0) is 12.3. The number of hydrogen-bond acceptors (Lipinski definition) is 3. The maximum absolute atomic E-state index is 11.8. The number of nitrogens with zero attached hydrogens (tertiary/aromatic N) is 1. The fourth-order valence-corrected chi connectivity index (χ4v) is 2.85. The minimum absolute atomic E-state index is 0.0333. The monoisotopic (exact) mass is 241 g/mol. The van der Waals surface area contributed by atoms with E-state index in [1.54, 1.807) is 4.90 Å². The summed E-state index contributed by atoms with van der Waals surface area (Å²) in [5, 5.41) is 8.89. The molecule has 17 heavy (non-hydrogen) atoms. The van der Waals surface area contributed by atoms with Gasteiger partial charge in [0.1, 0.15) is 0 Å². The molecule has 1 heterocycles. The minimum atomic E-state index is -0.842. The molecule has 2 fully saturated rings. The molecule has 0 aromatic heterocycles. The zero-order valence-corrected chi connectivity index (χ0v) is 9.93. The Balaban J connectivity index is 2.06. The maximum Gasteiger partial charge on any atom is 0.410 e. The van der Waals surface area contributed by atoms with Crippen LogP contribution in [-0.2, 0) is 9.53 Å². The molecular formula is C12H19NO4. The lowest BCUT2D eigenvalue weighted by Gasteiger charge is -2.41. The number of cyclic esters (lactones) is 1. The van der Waals surface area contributed by atoms with Crippen molar-refractivity contribution in [2.75, 3.05) is 6.61 Å². The fraction of sp³-hybridized carbons (Fsp3) is 0.833. The molecule has 5 heteroatoms. The highest BCUT2D eigenvalue weighted by Gasteiger charge is 2.36. The van der Waals surface area contributed by atoms with Crippen molar-refractivity contribution in [3.8, 4) is 0 Å². The predicted octanol–water partition coefficient (Wildman–Crippen LogP) is 2.00. The third kappa shape index (κ3) is 2.90. The quantitative estimate of drug-likeness (QED) is 0.820. The molecule has 0 aromatic carbocycles. The normalized spacial score (nSPS) is 26.7. The van der Waals surface area contributed by atoms with Crippen LogP contribution in [0, 0.1) is 0 Å². The van der Waals surface area contributed by atoms with Gasteiger partial charge in [-0.05, 0) is 12.8 Å². The molecule has 96 valence electrons. The van der Waals surface area contributed by atoms with Crippen molar-refractivity contribution in [1.29, 1.82) is 0 Å². The third-order valence-electron chi connectivity index (χ3n) is 3.66. The Morgan fingerprint density at radius 1 is 1.29 bits per heavy atom. The van der Waals surface area contributed by atoms with E-state index in [9.17, 15) is 9.59 Å². The Morgan fingerprint density at radius 2 is 2.00 bits per heavy atom. The summed E-state index contributed by atoms with van der Waals surface area (Å²) in [7, 11) is 0. The number of carbonyl (C=O) groups is 2. The largest absolute Gasteiger partial charge is 0.481 e. The van der Waals surface area contributed by atoms with Crippen LogP contribution in [-0.4, -0.2) is 40.8 Å². The van der Waals surface area contributed by atoms with E-state index in [0.717, 1.165) is 25.7 Å². The second-order valence-corrected chi connectivity index (χ2v) is 4.85. The smallest absolute Gasteiger partial charge is 0.410 e. The molecule has 0 spiro atoms. The van der Waals surface area contributed by atoms with Gasteiger partial charge in [0.15, 0.2) is 0 Å². The van der Waals surface area contributed by atoms with Crippen LogP contribution in [0.5, 0.6) is 0 Å². The molecule has 1 N–H and O–H groups in total. The first-order valence-corrected chi connectivity index (χ1v) is 6.35. The second kappa shape index (κ2) is 5.38. The topological polar surface area (TPSA) is 66.8 Å². The summed E-state index contributed by atoms with van der Waals surface area (Å²) in [4.78, 5) is 24.3. The van der Waals surface area contributed by atoms with E-state index in [0.29, 0.717) is 13.0 Å². The molecule has 0 aromatic rings. The van der Waals surface area contributed by atoms with Gasteiger partial charge in [0.05, 0.1) is 13.0 Å². The number of carboxylic acid groups (broad SMARTS) is 1. The van der Waals surface area contributed by atoms with Gasteiger partial charge < -0.3 is 14.7 Å². The number of hydrogen-bond donors (Lipinski definition) is 1. The Bertz CT molecular complexity index is 299. The summed E-state index contributed by atoms with van der Waals surface area (Å²) in [5.41, 5.74) is 0. The van der Waals surface area contributed by atoms with Crippen LogP contribution in [0.4, 0.5) is 4.79 Å². The van der Waals surface area contributed by atoms with Crippen LogP contribution in [0.15, 0.2) is 0 Å². The molecule has 5 nitrogen and oxygen atoms in total. The fourth-order valence-electron chi connectivity index (χ4n) is 2.85. The van der Waals surface area contributed by atoms with Crippen molar-refractivity contribution in [1.82, 2.24) is 4.90 Å². The average molecular weight is 241 g/mol. The summed E-state index contributed by atoms with van der Waals surface area (Å²) < 4.78 is 5.05. The van der Waals surface area contributed by atoms with Gasteiger partial charge in [0.2, 0.25) is 0 Å². The van der Waals surface area contributed by atoms with Crippen LogP contribution in [0.25, 0.3) is 0 Å². The number of rotatable bonds is 3. The zero-order valence-electron chi connectivity index (χ0n) is 9.93. The summed E-state index contributed by atoms with van der Waals surface area (Å²) >= 11 is 0. The molecule has 1 aliphatic heterocycles. The number of aliphatic carboxylic acids is 1. The van der Waals surface area contributed by atoms with Crippen LogP contribution < -0.4 is 0 Å². The molecular weight excluding hydrogens is 222 g/mol. The van der Waals surface area contributed by atoms with E-state index < -0.39 is 5.97 Å². The number of carbonyl (C=O) groups excluding carboxylic acids is 1. The Kier molecular flexibility index (Phi) is 3.86. The van der Waals surface area contributed by atoms with Crippen molar-refractivity contribution >= 4 is 12.1 Å². The second-order valence-electron chi connectivity index (χ2n) is 4.85. The highest BCUT2D eigenvalue weighted by atomic mass is 16.6. The molecule has 1 saturated carbocycles. The van der Waals surface area contributed by atoms with Crippen LogP contribution in [0.1, 0.15) is 44.9 Å². The van der Waals surface area contributed by atoms with Gasteiger partial charge in [-0.2, -0.15) is 0 Å². The van der Waals surface area contributed by atoms with Crippen LogP contribution in [0.2, 0.25) is 0 Å². The third-order valence-corrected chi connectivity index (χ3v) is 3.66. The van der Waals surface area contributed by atoms with Crippen molar-refractivity contribution in [2.45, 2.75) is 57.0 Å². The van der Waals surface area contributed by atoms with Crippen LogP contribution in [0.3, 0.4) is 0 Å². The molecule has 1 atom stereocenters. The average Bonchev–Trinajstić information content (AvgIpc) is 2.29. The summed E-state index contributed by atoms with van der Waals surface area (Å²) in [6, 6.07) is -0.00208. The Labute approximate surface area is 101 Å². The number of carboxylic acids is 1. The van der Waals surface area contributed by atoms with Gasteiger partial charge in [-0.3, -0.25) is 4.79 Å². The molecule has 0 bridgehead atoms. The van der Waals surface area contributed by atoms with Gasteiger partial charge >= 0.3 is 12.1 Å². The first kappa shape index (κ1) is 12.2. The highest BCUT2D eigenvalue weighted by molar-refractivity contribution is 5.72. The van der Waals surface area contributed by atoms with Gasteiger partial charge in [0, 0.05) is 18.5 Å². The first-order valence-electron chi connectivity index (χ1n) is 6.35. The van der Waals surface area contributed by atoms with E-state index in [1.165, 1.54) is 6.42 Å². The molecule has 1 aliphatic carbocycles. The lowest BCUT2D eigenvalue weighted by molar-refractivity contribution is -0.139. The van der Waals surface area contributed by atoms with Gasteiger partial charge in [-0.15, -0.1) is 0 Å². The molecule has 2 rings (SSSR count). The van der Waals surface area contributed by atoms with Crippen molar-refractivity contribution in [3.05, 3.63) is 0 Å². The Morgan fingerprint density at radius 3 is 2.65 bits per heavy atom. The van der Waals surface area contributed by atoms with Gasteiger partial charge in [-0.1, -0.05) is 19.3 Å². The molecule has 1 saturated heterocycles. The van der Waals surface area contributed by atoms with Crippen molar-refractivity contribution in [3.63, 3.8) is 0 Å². The lowest BCUT2D eigenvalue weighted by atomic mass is 9.92. The summed E-state index contributed by atoms with van der Waals surface area (Å²) in [6.07, 6.45) is 5.75. The molecule has 0 radical (unpaired) electrons.